The summed E-state index contributed by atoms with van der Waals surface area (Å²) in [5.41, 5.74) is -0.311. The first-order valence-electron chi connectivity index (χ1n) is 3.65. The molecule has 0 bridgehead atoms. The lowest BCUT2D eigenvalue weighted by Gasteiger charge is -2.28. The molecule has 0 aromatic rings. The molecule has 0 radical (unpaired) electrons. The zero-order valence-electron chi connectivity index (χ0n) is 6.99. The predicted molar refractivity (Wildman–Crippen MR) is 41.6 cm³/mol. The first-order valence-corrected chi connectivity index (χ1v) is 3.65. The van der Waals surface area contributed by atoms with Crippen molar-refractivity contribution in [1.29, 1.82) is 0 Å². The highest BCUT2D eigenvalue weighted by Crippen LogP contribution is 2.38. The molecule has 1 rings (SSSR count). The van der Waals surface area contributed by atoms with Crippen LogP contribution in [0.4, 0.5) is 8.78 Å². The molecule has 2 heteroatoms. The number of allylic oxidation sites excluding steroid dienone is 4. The Kier molecular flexibility index (Phi) is 1.87. The van der Waals surface area contributed by atoms with Crippen molar-refractivity contribution >= 4 is 0 Å². The first kappa shape index (κ1) is 8.44. The monoisotopic (exact) mass is 158 g/mol. The van der Waals surface area contributed by atoms with E-state index in [-0.39, 0.29) is 5.83 Å². The van der Waals surface area contributed by atoms with Crippen molar-refractivity contribution in [2.45, 2.75) is 26.9 Å². The molecule has 62 valence electrons. The molecule has 0 saturated carbocycles. The van der Waals surface area contributed by atoms with E-state index in [1.807, 2.05) is 0 Å². The van der Waals surface area contributed by atoms with E-state index in [2.05, 4.69) is 0 Å². The van der Waals surface area contributed by atoms with Crippen molar-refractivity contribution in [3.63, 3.8) is 0 Å². The van der Waals surface area contributed by atoms with Gasteiger partial charge in [-0.15, -0.1) is 0 Å². The topological polar surface area (TPSA) is 0 Å². The van der Waals surface area contributed by atoms with Crippen LogP contribution in [0, 0.1) is 5.41 Å². The van der Waals surface area contributed by atoms with E-state index >= 15 is 0 Å². The smallest absolute Gasteiger partial charge is 0.130 e. The summed E-state index contributed by atoms with van der Waals surface area (Å²) in [6.07, 6.45) is 1.63. The maximum Gasteiger partial charge on any atom is 0.130 e. The first-order chi connectivity index (χ1) is 4.94. The third-order valence-corrected chi connectivity index (χ3v) is 2.07. The minimum atomic E-state index is -1.20. The molecule has 11 heavy (non-hydrogen) atoms. The van der Waals surface area contributed by atoms with Crippen LogP contribution in [0.25, 0.3) is 0 Å². The lowest BCUT2D eigenvalue weighted by atomic mass is 9.81. The Morgan fingerprint density at radius 1 is 1.45 bits per heavy atom. The van der Waals surface area contributed by atoms with E-state index in [4.69, 9.17) is 0 Å². The highest BCUT2D eigenvalue weighted by molar-refractivity contribution is 5.30. The van der Waals surface area contributed by atoms with Crippen LogP contribution in [0.1, 0.15) is 20.8 Å². The lowest BCUT2D eigenvalue weighted by Crippen LogP contribution is -2.27. The van der Waals surface area contributed by atoms with Gasteiger partial charge in [-0.05, 0) is 24.6 Å². The molecule has 0 aromatic heterocycles. The van der Waals surface area contributed by atoms with E-state index in [1.165, 1.54) is 12.2 Å². The molecule has 0 aliphatic heterocycles. The molecule has 0 saturated heterocycles. The maximum atomic E-state index is 13.1. The Labute approximate surface area is 65.6 Å². The number of halogens is 2. The van der Waals surface area contributed by atoms with Crippen molar-refractivity contribution in [3.8, 4) is 0 Å². The van der Waals surface area contributed by atoms with Crippen molar-refractivity contribution in [2.75, 3.05) is 0 Å². The van der Waals surface area contributed by atoms with E-state index in [9.17, 15) is 8.78 Å². The summed E-state index contributed by atoms with van der Waals surface area (Å²) in [4.78, 5) is 0. The van der Waals surface area contributed by atoms with Crippen LogP contribution < -0.4 is 0 Å². The van der Waals surface area contributed by atoms with Crippen LogP contribution in [0.15, 0.2) is 23.6 Å². The fourth-order valence-corrected chi connectivity index (χ4v) is 1.00. The minimum absolute atomic E-state index is 0.370. The largest absolute Gasteiger partial charge is 0.242 e. The fraction of sp³-hybridized carbons (Fsp3) is 0.556. The summed E-state index contributed by atoms with van der Waals surface area (Å²) >= 11 is 0. The molecule has 0 heterocycles. The second kappa shape index (κ2) is 2.43. The molecular weight excluding hydrogens is 146 g/mol. The van der Waals surface area contributed by atoms with Crippen molar-refractivity contribution < 1.29 is 8.78 Å². The molecule has 0 nitrogen and oxygen atoms in total. The summed E-state index contributed by atoms with van der Waals surface area (Å²) in [5, 5.41) is 0. The van der Waals surface area contributed by atoms with Crippen molar-refractivity contribution in [1.82, 2.24) is 0 Å². The van der Waals surface area contributed by atoms with Gasteiger partial charge in [0.1, 0.15) is 12.0 Å². The van der Waals surface area contributed by atoms with Crippen molar-refractivity contribution in [2.24, 2.45) is 5.41 Å². The van der Waals surface area contributed by atoms with Gasteiger partial charge < -0.3 is 0 Å². The van der Waals surface area contributed by atoms with Crippen LogP contribution in [0.3, 0.4) is 0 Å². The Morgan fingerprint density at radius 3 is 2.45 bits per heavy atom. The van der Waals surface area contributed by atoms with Crippen LogP contribution >= 0.6 is 0 Å². The predicted octanol–water partition coefficient (Wildman–Crippen LogP) is 3.16. The summed E-state index contributed by atoms with van der Waals surface area (Å²) in [6, 6.07) is 0. The van der Waals surface area contributed by atoms with Gasteiger partial charge in [-0.3, -0.25) is 0 Å². The van der Waals surface area contributed by atoms with E-state index in [0.717, 1.165) is 0 Å². The summed E-state index contributed by atoms with van der Waals surface area (Å²) in [5.74, 6) is -0.370. The van der Waals surface area contributed by atoms with Crippen molar-refractivity contribution in [3.05, 3.63) is 23.6 Å². The van der Waals surface area contributed by atoms with Gasteiger partial charge in [-0.2, -0.15) is 0 Å². The van der Waals surface area contributed by atoms with Gasteiger partial charge in [0.2, 0.25) is 0 Å². The van der Waals surface area contributed by atoms with Crippen LogP contribution in [-0.2, 0) is 0 Å². The second-order valence-electron chi connectivity index (χ2n) is 3.53. The number of alkyl halides is 1. The number of rotatable bonds is 0. The Balaban J connectivity index is 3.01. The average molecular weight is 158 g/mol. The van der Waals surface area contributed by atoms with Crippen LogP contribution in [0.5, 0.6) is 0 Å². The summed E-state index contributed by atoms with van der Waals surface area (Å²) in [6.45, 7) is 4.82. The Bertz CT molecular complexity index is 224. The molecule has 1 aliphatic rings. The average Bonchev–Trinajstić information content (AvgIpc) is 1.84. The minimum Gasteiger partial charge on any atom is -0.242 e. The van der Waals surface area contributed by atoms with Gasteiger partial charge in [0.05, 0.1) is 5.41 Å². The Morgan fingerprint density at radius 2 is 2.00 bits per heavy atom. The van der Waals surface area contributed by atoms with Gasteiger partial charge in [-0.1, -0.05) is 13.8 Å². The second-order valence-corrected chi connectivity index (χ2v) is 3.53. The van der Waals surface area contributed by atoms with Gasteiger partial charge >= 0.3 is 0 Å². The zero-order valence-corrected chi connectivity index (χ0v) is 6.99. The van der Waals surface area contributed by atoms with Crippen LogP contribution in [-0.4, -0.2) is 6.17 Å². The molecule has 0 N–H and O–H groups in total. The normalized spacial score (nSPS) is 29.4. The Hall–Kier alpha value is -0.660. The number of hydrogen-bond donors (Lipinski definition) is 0. The molecule has 1 atom stereocenters. The lowest BCUT2D eigenvalue weighted by molar-refractivity contribution is 0.190. The van der Waals surface area contributed by atoms with Crippen LogP contribution in [0.2, 0.25) is 0 Å². The molecule has 0 aromatic carbocycles. The zero-order chi connectivity index (χ0) is 8.65. The van der Waals surface area contributed by atoms with Gasteiger partial charge in [0, 0.05) is 0 Å². The SMILES string of the molecule is CC1=CC(F)C(C)(C)C(F)=C1. The molecular formula is C9H12F2. The van der Waals surface area contributed by atoms with Gasteiger partial charge in [0.15, 0.2) is 0 Å². The quantitative estimate of drug-likeness (QED) is 0.508. The highest BCUT2D eigenvalue weighted by Gasteiger charge is 2.35. The molecule has 1 aliphatic carbocycles. The molecule has 1 unspecified atom stereocenters. The fourth-order valence-electron chi connectivity index (χ4n) is 1.00. The van der Waals surface area contributed by atoms with E-state index < -0.39 is 11.6 Å². The van der Waals surface area contributed by atoms with E-state index in [0.29, 0.717) is 5.57 Å². The van der Waals surface area contributed by atoms with Gasteiger partial charge in [0.25, 0.3) is 0 Å². The summed E-state index contributed by atoms with van der Waals surface area (Å²) < 4.78 is 26.1. The van der Waals surface area contributed by atoms with E-state index in [1.54, 1.807) is 20.8 Å². The number of hydrogen-bond acceptors (Lipinski definition) is 0. The third kappa shape index (κ3) is 1.35. The molecule has 0 fully saturated rings. The third-order valence-electron chi connectivity index (χ3n) is 2.07. The highest BCUT2D eigenvalue weighted by atomic mass is 19.1. The summed E-state index contributed by atoms with van der Waals surface area (Å²) in [7, 11) is 0. The molecule has 0 amide bonds. The molecule has 0 spiro atoms. The van der Waals surface area contributed by atoms with Gasteiger partial charge in [-0.25, -0.2) is 8.78 Å². The maximum absolute atomic E-state index is 13.1. The standard InChI is InChI=1S/C9H12F2/c1-6-4-7(10)9(2,3)8(11)5-6/h4-5,7H,1-3H3.